The van der Waals surface area contributed by atoms with Crippen molar-refractivity contribution in [2.75, 3.05) is 0 Å². The molecule has 66 valence electrons. The van der Waals surface area contributed by atoms with Crippen LogP contribution in [-0.2, 0) is 0 Å². The Kier molecular flexibility index (Phi) is 6.00. The van der Waals surface area contributed by atoms with Crippen molar-refractivity contribution in [1.29, 1.82) is 0 Å². The van der Waals surface area contributed by atoms with Gasteiger partial charge in [0.2, 0.25) is 0 Å². The van der Waals surface area contributed by atoms with Gasteiger partial charge in [-0.3, -0.25) is 0 Å². The number of allylic oxidation sites excluding steroid dienone is 4. The zero-order valence-electron chi connectivity index (χ0n) is 7.11. The van der Waals surface area contributed by atoms with Crippen molar-refractivity contribution in [1.82, 2.24) is 0 Å². The van der Waals surface area contributed by atoms with E-state index in [4.69, 9.17) is 6.42 Å². The minimum absolute atomic E-state index is 0.275. The van der Waals surface area contributed by atoms with Crippen LogP contribution in [0.4, 0.5) is 8.78 Å². The second-order valence-corrected chi connectivity index (χ2v) is 2.32. The van der Waals surface area contributed by atoms with Gasteiger partial charge in [-0.1, -0.05) is 25.3 Å². The van der Waals surface area contributed by atoms with Crippen molar-refractivity contribution in [2.24, 2.45) is 0 Å². The molecular formula is C10H12F2. The van der Waals surface area contributed by atoms with Gasteiger partial charge in [0.15, 0.2) is 5.83 Å². The summed E-state index contributed by atoms with van der Waals surface area (Å²) in [5.41, 5.74) is 0. The monoisotopic (exact) mass is 170 g/mol. The summed E-state index contributed by atoms with van der Waals surface area (Å²) in [6, 6.07) is 0. The molecule has 0 atom stereocenters. The molecule has 0 heterocycles. The largest absolute Gasteiger partial charge is 0.208 e. The fourth-order valence-electron chi connectivity index (χ4n) is 0.618. The Morgan fingerprint density at radius 1 is 1.50 bits per heavy atom. The molecule has 0 unspecified atom stereocenters. The topological polar surface area (TPSA) is 0 Å². The molecular weight excluding hydrogens is 158 g/mol. The average molecular weight is 170 g/mol. The Morgan fingerprint density at radius 2 is 2.17 bits per heavy atom. The number of rotatable bonds is 4. The first-order valence-corrected chi connectivity index (χ1v) is 3.86. The van der Waals surface area contributed by atoms with Gasteiger partial charge in [0.1, 0.15) is 5.83 Å². The van der Waals surface area contributed by atoms with Gasteiger partial charge >= 0.3 is 0 Å². The van der Waals surface area contributed by atoms with E-state index < -0.39 is 11.7 Å². The van der Waals surface area contributed by atoms with Crippen LogP contribution in [0.15, 0.2) is 23.8 Å². The normalized spacial score (nSPS) is 12.8. The number of hydrogen-bond donors (Lipinski definition) is 0. The highest BCUT2D eigenvalue weighted by Gasteiger charge is 1.99. The molecule has 0 nitrogen and oxygen atoms in total. The molecule has 2 heteroatoms. The SMILES string of the molecule is C#CC/C(F)=C(F)\C=C/CCC. The van der Waals surface area contributed by atoms with Crippen LogP contribution in [0.3, 0.4) is 0 Å². The third-order valence-electron chi connectivity index (χ3n) is 1.24. The van der Waals surface area contributed by atoms with Crippen LogP contribution in [-0.4, -0.2) is 0 Å². The van der Waals surface area contributed by atoms with Crippen molar-refractivity contribution in [3.8, 4) is 12.3 Å². The van der Waals surface area contributed by atoms with E-state index in [-0.39, 0.29) is 6.42 Å². The van der Waals surface area contributed by atoms with Crippen LogP contribution in [0.1, 0.15) is 26.2 Å². The molecule has 0 aromatic carbocycles. The van der Waals surface area contributed by atoms with E-state index in [1.807, 2.05) is 12.8 Å². The quantitative estimate of drug-likeness (QED) is 0.447. The molecule has 0 radical (unpaired) electrons. The molecule has 0 aromatic heterocycles. The van der Waals surface area contributed by atoms with Crippen LogP contribution in [0.2, 0.25) is 0 Å². The van der Waals surface area contributed by atoms with E-state index in [2.05, 4.69) is 0 Å². The average Bonchev–Trinajstić information content (AvgIpc) is 2.05. The minimum atomic E-state index is -0.871. The summed E-state index contributed by atoms with van der Waals surface area (Å²) in [6.45, 7) is 1.96. The van der Waals surface area contributed by atoms with Gasteiger partial charge in [-0.15, -0.1) is 6.42 Å². The van der Waals surface area contributed by atoms with Crippen LogP contribution in [0, 0.1) is 12.3 Å². The van der Waals surface area contributed by atoms with Gasteiger partial charge in [0.25, 0.3) is 0 Å². The zero-order valence-corrected chi connectivity index (χ0v) is 7.11. The van der Waals surface area contributed by atoms with Crippen molar-refractivity contribution >= 4 is 0 Å². The minimum Gasteiger partial charge on any atom is -0.208 e. The van der Waals surface area contributed by atoms with Crippen molar-refractivity contribution < 1.29 is 8.78 Å². The molecule has 0 rings (SSSR count). The van der Waals surface area contributed by atoms with Crippen molar-refractivity contribution in [3.63, 3.8) is 0 Å². The molecule has 0 spiro atoms. The predicted molar refractivity (Wildman–Crippen MR) is 46.7 cm³/mol. The van der Waals surface area contributed by atoms with Gasteiger partial charge < -0.3 is 0 Å². The highest BCUT2D eigenvalue weighted by atomic mass is 19.2. The highest BCUT2D eigenvalue weighted by molar-refractivity contribution is 5.18. The van der Waals surface area contributed by atoms with E-state index >= 15 is 0 Å². The smallest absolute Gasteiger partial charge is 0.155 e. The Balaban J connectivity index is 4.08. The highest BCUT2D eigenvalue weighted by Crippen LogP contribution is 2.12. The zero-order chi connectivity index (χ0) is 9.40. The van der Waals surface area contributed by atoms with E-state index in [1.165, 1.54) is 0 Å². The number of unbranched alkanes of at least 4 members (excludes halogenated alkanes) is 1. The Hall–Kier alpha value is -1.10. The summed E-state index contributed by atoms with van der Waals surface area (Å²) in [7, 11) is 0. The molecule has 0 saturated heterocycles. The predicted octanol–water partition coefficient (Wildman–Crippen LogP) is 3.52. The number of hydrogen-bond acceptors (Lipinski definition) is 0. The molecule has 0 aliphatic heterocycles. The first kappa shape index (κ1) is 10.9. The lowest BCUT2D eigenvalue weighted by molar-refractivity contribution is 0.543. The Bertz CT molecular complexity index is 218. The van der Waals surface area contributed by atoms with Crippen molar-refractivity contribution in [2.45, 2.75) is 26.2 Å². The molecule has 0 bridgehead atoms. The summed E-state index contributed by atoms with van der Waals surface area (Å²) < 4.78 is 25.2. The van der Waals surface area contributed by atoms with E-state index in [9.17, 15) is 8.78 Å². The Labute approximate surface area is 72.0 Å². The van der Waals surface area contributed by atoms with Crippen LogP contribution >= 0.6 is 0 Å². The maximum Gasteiger partial charge on any atom is 0.155 e. The standard InChI is InChI=1S/C10H12F2/c1-3-5-6-8-10(12)9(11)7-4-2/h2,6,8H,3,5,7H2,1H3/b8-6-,10-9-. The van der Waals surface area contributed by atoms with Crippen LogP contribution in [0.25, 0.3) is 0 Å². The summed E-state index contributed by atoms with van der Waals surface area (Å²) in [6.07, 6.45) is 8.91. The van der Waals surface area contributed by atoms with Gasteiger partial charge in [-0.25, -0.2) is 8.78 Å². The van der Waals surface area contributed by atoms with E-state index in [0.717, 1.165) is 18.9 Å². The molecule has 0 saturated carbocycles. The maximum absolute atomic E-state index is 12.6. The number of terminal acetylenes is 1. The second-order valence-electron chi connectivity index (χ2n) is 2.32. The molecule has 0 aliphatic rings. The fourth-order valence-corrected chi connectivity index (χ4v) is 0.618. The molecule has 0 fully saturated rings. The van der Waals surface area contributed by atoms with E-state index in [0.29, 0.717) is 0 Å². The first-order chi connectivity index (χ1) is 5.72. The third-order valence-corrected chi connectivity index (χ3v) is 1.24. The lowest BCUT2D eigenvalue weighted by Crippen LogP contribution is -1.76. The molecule has 0 amide bonds. The molecule has 12 heavy (non-hydrogen) atoms. The van der Waals surface area contributed by atoms with Crippen LogP contribution < -0.4 is 0 Å². The molecule has 0 aromatic rings. The lowest BCUT2D eigenvalue weighted by atomic mass is 10.3. The summed E-state index contributed by atoms with van der Waals surface area (Å²) in [5.74, 6) is 0.302. The maximum atomic E-state index is 12.6. The van der Waals surface area contributed by atoms with Gasteiger partial charge in [0, 0.05) is 0 Å². The fraction of sp³-hybridized carbons (Fsp3) is 0.400. The lowest BCUT2D eigenvalue weighted by Gasteiger charge is -1.90. The second kappa shape index (κ2) is 6.60. The summed E-state index contributed by atoms with van der Waals surface area (Å²) in [5, 5.41) is 0. The molecule has 0 aliphatic carbocycles. The summed E-state index contributed by atoms with van der Waals surface area (Å²) in [4.78, 5) is 0. The van der Waals surface area contributed by atoms with Crippen LogP contribution in [0.5, 0.6) is 0 Å². The summed E-state index contributed by atoms with van der Waals surface area (Å²) >= 11 is 0. The van der Waals surface area contributed by atoms with Crippen molar-refractivity contribution in [3.05, 3.63) is 23.8 Å². The number of halogens is 2. The third kappa shape index (κ3) is 4.68. The Morgan fingerprint density at radius 3 is 2.67 bits per heavy atom. The van der Waals surface area contributed by atoms with Gasteiger partial charge in [-0.2, -0.15) is 0 Å². The van der Waals surface area contributed by atoms with Gasteiger partial charge in [0.05, 0.1) is 6.42 Å². The first-order valence-electron chi connectivity index (χ1n) is 3.86. The van der Waals surface area contributed by atoms with Gasteiger partial charge in [-0.05, 0) is 12.5 Å². The molecule has 0 N–H and O–H groups in total. The van der Waals surface area contributed by atoms with E-state index in [1.54, 1.807) is 6.08 Å².